The number of aromatic nitrogens is 2. The van der Waals surface area contributed by atoms with E-state index in [1.807, 2.05) is 10.9 Å². The van der Waals surface area contributed by atoms with Crippen LogP contribution in [-0.4, -0.2) is 28.9 Å². The van der Waals surface area contributed by atoms with Crippen LogP contribution >= 0.6 is 0 Å². The molecule has 1 aromatic heterocycles. The summed E-state index contributed by atoms with van der Waals surface area (Å²) in [4.78, 5) is 11.9. The maximum atomic E-state index is 11.9. The maximum Gasteiger partial charge on any atom is 0.327 e. The molecule has 0 aromatic carbocycles. The Kier molecular flexibility index (Phi) is 6.14. The lowest BCUT2D eigenvalue weighted by Crippen LogP contribution is -2.30. The lowest BCUT2D eigenvalue weighted by atomic mass is 10.1. The zero-order chi connectivity index (χ0) is 13.4. The molecule has 100 valence electrons. The van der Waals surface area contributed by atoms with Crippen LogP contribution in [0.2, 0.25) is 0 Å². The number of rotatable bonds is 8. The van der Waals surface area contributed by atoms with Gasteiger partial charge in [-0.3, -0.25) is 10.00 Å². The van der Waals surface area contributed by atoms with Crippen molar-refractivity contribution in [1.29, 1.82) is 0 Å². The van der Waals surface area contributed by atoms with Crippen LogP contribution < -0.4 is 5.32 Å². The van der Waals surface area contributed by atoms with Crippen molar-refractivity contribution in [3.8, 4) is 0 Å². The van der Waals surface area contributed by atoms with Gasteiger partial charge in [-0.05, 0) is 13.3 Å². The maximum absolute atomic E-state index is 11.9. The van der Waals surface area contributed by atoms with Crippen LogP contribution in [0.15, 0.2) is 25.0 Å². The molecule has 0 fully saturated rings. The van der Waals surface area contributed by atoms with Crippen molar-refractivity contribution < 1.29 is 9.53 Å². The molecule has 0 aliphatic rings. The summed E-state index contributed by atoms with van der Waals surface area (Å²) in [5.41, 5.74) is 0.823. The fourth-order valence-corrected chi connectivity index (χ4v) is 1.64. The minimum Gasteiger partial charge on any atom is -0.465 e. The standard InChI is InChI=1S/C13H21N3O2/c1-4-7-14-12(13(17)18-6-3)11-9-15-16(10-11)8-5-2/h4,9-10,12,14H,1,5-8H2,2-3H3. The van der Waals surface area contributed by atoms with Crippen molar-refractivity contribution in [2.24, 2.45) is 0 Å². The van der Waals surface area contributed by atoms with E-state index in [1.54, 1.807) is 19.2 Å². The highest BCUT2D eigenvalue weighted by Gasteiger charge is 2.22. The SMILES string of the molecule is C=CCNC(C(=O)OCC)c1cnn(CCC)c1. The molecule has 5 nitrogen and oxygen atoms in total. The Morgan fingerprint density at radius 1 is 1.67 bits per heavy atom. The fourth-order valence-electron chi connectivity index (χ4n) is 1.64. The van der Waals surface area contributed by atoms with Gasteiger partial charge in [-0.15, -0.1) is 6.58 Å². The molecule has 0 amide bonds. The molecule has 0 radical (unpaired) electrons. The summed E-state index contributed by atoms with van der Waals surface area (Å²) in [6.45, 7) is 9.27. The number of hydrogen-bond acceptors (Lipinski definition) is 4. The predicted molar refractivity (Wildman–Crippen MR) is 70.1 cm³/mol. The topological polar surface area (TPSA) is 56.1 Å². The van der Waals surface area contributed by atoms with Gasteiger partial charge in [-0.25, -0.2) is 4.79 Å². The number of aryl methyl sites for hydroxylation is 1. The third kappa shape index (κ3) is 4.00. The van der Waals surface area contributed by atoms with Crippen LogP contribution in [0.5, 0.6) is 0 Å². The molecule has 0 saturated heterocycles. The number of ether oxygens (including phenoxy) is 1. The molecule has 1 heterocycles. The average Bonchev–Trinajstić information content (AvgIpc) is 2.79. The van der Waals surface area contributed by atoms with Gasteiger partial charge < -0.3 is 4.74 Å². The first kappa shape index (κ1) is 14.4. The van der Waals surface area contributed by atoms with Gasteiger partial charge in [0, 0.05) is 24.8 Å². The molecule has 0 saturated carbocycles. The third-order valence-electron chi connectivity index (χ3n) is 2.43. The molecule has 0 spiro atoms. The second-order valence-corrected chi connectivity index (χ2v) is 3.92. The van der Waals surface area contributed by atoms with E-state index in [0.717, 1.165) is 18.5 Å². The van der Waals surface area contributed by atoms with Gasteiger partial charge >= 0.3 is 5.97 Å². The van der Waals surface area contributed by atoms with E-state index in [2.05, 4.69) is 23.9 Å². The van der Waals surface area contributed by atoms with Crippen molar-refractivity contribution in [3.63, 3.8) is 0 Å². The molecule has 1 rings (SSSR count). The quantitative estimate of drug-likeness (QED) is 0.564. The van der Waals surface area contributed by atoms with E-state index in [1.165, 1.54) is 0 Å². The van der Waals surface area contributed by atoms with Gasteiger partial charge in [0.1, 0.15) is 6.04 Å². The van der Waals surface area contributed by atoms with Gasteiger partial charge in [-0.2, -0.15) is 5.10 Å². The molecular weight excluding hydrogens is 230 g/mol. The smallest absolute Gasteiger partial charge is 0.327 e. The Hall–Kier alpha value is -1.62. The van der Waals surface area contributed by atoms with E-state index in [9.17, 15) is 4.79 Å². The molecule has 1 atom stereocenters. The van der Waals surface area contributed by atoms with Gasteiger partial charge in [-0.1, -0.05) is 13.0 Å². The second kappa shape index (κ2) is 7.66. The summed E-state index contributed by atoms with van der Waals surface area (Å²) in [6.07, 6.45) is 6.29. The summed E-state index contributed by atoms with van der Waals surface area (Å²) in [5.74, 6) is -0.282. The molecule has 5 heteroatoms. The Labute approximate surface area is 108 Å². The van der Waals surface area contributed by atoms with E-state index >= 15 is 0 Å². The number of carbonyl (C=O) groups excluding carboxylic acids is 1. The Morgan fingerprint density at radius 3 is 3.06 bits per heavy atom. The largest absolute Gasteiger partial charge is 0.465 e. The zero-order valence-electron chi connectivity index (χ0n) is 11.1. The van der Waals surface area contributed by atoms with Crippen LogP contribution in [0.25, 0.3) is 0 Å². The van der Waals surface area contributed by atoms with Crippen molar-refractivity contribution >= 4 is 5.97 Å². The van der Waals surface area contributed by atoms with Crippen LogP contribution in [0.3, 0.4) is 0 Å². The molecular formula is C13H21N3O2. The van der Waals surface area contributed by atoms with E-state index in [0.29, 0.717) is 13.2 Å². The van der Waals surface area contributed by atoms with Gasteiger partial charge in [0.2, 0.25) is 0 Å². The number of carbonyl (C=O) groups is 1. The molecule has 0 aliphatic heterocycles. The highest BCUT2D eigenvalue weighted by atomic mass is 16.5. The van der Waals surface area contributed by atoms with Crippen LogP contribution in [0, 0.1) is 0 Å². The highest BCUT2D eigenvalue weighted by molar-refractivity contribution is 5.77. The monoisotopic (exact) mass is 251 g/mol. The predicted octanol–water partition coefficient (Wildman–Crippen LogP) is 1.67. The first-order valence-electron chi connectivity index (χ1n) is 6.26. The molecule has 0 bridgehead atoms. The summed E-state index contributed by atoms with van der Waals surface area (Å²) < 4.78 is 6.88. The molecule has 1 N–H and O–H groups in total. The fraction of sp³-hybridized carbons (Fsp3) is 0.538. The van der Waals surface area contributed by atoms with Crippen LogP contribution in [0.4, 0.5) is 0 Å². The summed E-state index contributed by atoms with van der Waals surface area (Å²) in [5, 5.41) is 7.30. The normalized spacial score (nSPS) is 12.1. The first-order valence-corrected chi connectivity index (χ1v) is 6.26. The Bertz CT molecular complexity index is 387. The number of esters is 1. The second-order valence-electron chi connectivity index (χ2n) is 3.92. The van der Waals surface area contributed by atoms with Crippen LogP contribution in [0.1, 0.15) is 31.9 Å². The van der Waals surface area contributed by atoms with Gasteiger partial charge in [0.15, 0.2) is 0 Å². The average molecular weight is 251 g/mol. The first-order chi connectivity index (χ1) is 8.72. The van der Waals surface area contributed by atoms with E-state index < -0.39 is 6.04 Å². The van der Waals surface area contributed by atoms with Gasteiger partial charge in [0.25, 0.3) is 0 Å². The third-order valence-corrected chi connectivity index (χ3v) is 2.43. The number of nitrogens with zero attached hydrogens (tertiary/aromatic N) is 2. The summed E-state index contributed by atoms with van der Waals surface area (Å²) in [6, 6.07) is -0.478. The lowest BCUT2D eigenvalue weighted by molar-refractivity contribution is -0.145. The van der Waals surface area contributed by atoms with Crippen molar-refractivity contribution in [2.45, 2.75) is 32.9 Å². The van der Waals surface area contributed by atoms with E-state index in [-0.39, 0.29) is 5.97 Å². The van der Waals surface area contributed by atoms with Crippen molar-refractivity contribution in [1.82, 2.24) is 15.1 Å². The lowest BCUT2D eigenvalue weighted by Gasteiger charge is -2.14. The molecule has 1 unspecified atom stereocenters. The van der Waals surface area contributed by atoms with Crippen LogP contribution in [-0.2, 0) is 16.1 Å². The number of hydrogen-bond donors (Lipinski definition) is 1. The zero-order valence-corrected chi connectivity index (χ0v) is 11.1. The van der Waals surface area contributed by atoms with E-state index in [4.69, 9.17) is 4.74 Å². The molecule has 1 aromatic rings. The minimum absolute atomic E-state index is 0.282. The van der Waals surface area contributed by atoms with Crippen molar-refractivity contribution in [2.75, 3.05) is 13.2 Å². The van der Waals surface area contributed by atoms with Crippen molar-refractivity contribution in [3.05, 3.63) is 30.6 Å². The molecule has 18 heavy (non-hydrogen) atoms. The minimum atomic E-state index is -0.478. The van der Waals surface area contributed by atoms with Gasteiger partial charge in [0.05, 0.1) is 12.8 Å². The summed E-state index contributed by atoms with van der Waals surface area (Å²) >= 11 is 0. The Balaban J connectivity index is 2.79. The summed E-state index contributed by atoms with van der Waals surface area (Å²) in [7, 11) is 0. The molecule has 0 aliphatic carbocycles. The highest BCUT2D eigenvalue weighted by Crippen LogP contribution is 2.14. The number of nitrogens with one attached hydrogen (secondary N) is 1. The Morgan fingerprint density at radius 2 is 2.44 bits per heavy atom.